The monoisotopic (exact) mass is 367 g/mol. The maximum atomic E-state index is 13.8. The molecule has 1 fully saturated rings. The lowest BCUT2D eigenvalue weighted by Crippen LogP contribution is -2.49. The van der Waals surface area contributed by atoms with E-state index in [2.05, 4.69) is 30.6 Å². The highest BCUT2D eigenvalue weighted by Crippen LogP contribution is 2.21. The largest absolute Gasteiger partial charge is 0.353 e. The number of hydrogen-bond acceptors (Lipinski definition) is 6. The average molecular weight is 367 g/mol. The van der Waals surface area contributed by atoms with Crippen LogP contribution in [-0.4, -0.2) is 57.4 Å². The summed E-state index contributed by atoms with van der Waals surface area (Å²) in [4.78, 5) is 21.0. The van der Waals surface area contributed by atoms with E-state index in [1.54, 1.807) is 29.3 Å². The molecule has 1 aliphatic rings. The first-order valence-electron chi connectivity index (χ1n) is 8.60. The van der Waals surface area contributed by atoms with Crippen molar-refractivity contribution in [3.05, 3.63) is 60.2 Å². The van der Waals surface area contributed by atoms with E-state index in [1.807, 2.05) is 18.2 Å². The standard InChI is InChI=1S/C18H18FN7O/c19-13-5-1-2-6-14(13)21-17-16(22-24-23-17)18(27)26-11-9-25(10-12-26)15-7-3-4-8-20-15/h1-8H,9-12H2,(H2,21,22,23,24). The maximum Gasteiger partial charge on any atom is 0.278 e. The van der Waals surface area contributed by atoms with Crippen LogP contribution in [0.3, 0.4) is 0 Å². The molecule has 8 nitrogen and oxygen atoms in total. The van der Waals surface area contributed by atoms with Gasteiger partial charge in [-0.15, -0.1) is 10.2 Å². The Hall–Kier alpha value is -3.49. The van der Waals surface area contributed by atoms with Gasteiger partial charge in [0.05, 0.1) is 5.69 Å². The molecule has 0 atom stereocenters. The zero-order valence-corrected chi connectivity index (χ0v) is 14.5. The molecule has 27 heavy (non-hydrogen) atoms. The Morgan fingerprint density at radius 3 is 2.56 bits per heavy atom. The van der Waals surface area contributed by atoms with Gasteiger partial charge in [-0.25, -0.2) is 9.37 Å². The van der Waals surface area contributed by atoms with Crippen LogP contribution in [0.4, 0.5) is 21.7 Å². The minimum atomic E-state index is -0.428. The molecule has 0 unspecified atom stereocenters. The van der Waals surface area contributed by atoms with Crippen LogP contribution >= 0.6 is 0 Å². The van der Waals surface area contributed by atoms with E-state index in [0.29, 0.717) is 26.2 Å². The van der Waals surface area contributed by atoms with Gasteiger partial charge in [-0.1, -0.05) is 18.2 Å². The molecule has 0 saturated carbocycles. The summed E-state index contributed by atoms with van der Waals surface area (Å²) in [5.41, 5.74) is 0.380. The topological polar surface area (TPSA) is 90.0 Å². The van der Waals surface area contributed by atoms with Gasteiger partial charge in [-0.3, -0.25) is 4.79 Å². The van der Waals surface area contributed by atoms with Gasteiger partial charge in [0.2, 0.25) is 0 Å². The molecular formula is C18H18FN7O. The molecule has 2 N–H and O–H groups in total. The molecule has 1 amide bonds. The number of aromatic amines is 1. The first kappa shape index (κ1) is 17.0. The number of nitrogens with zero attached hydrogens (tertiary/aromatic N) is 5. The van der Waals surface area contributed by atoms with Crippen LogP contribution < -0.4 is 10.2 Å². The molecule has 1 aromatic carbocycles. The zero-order valence-electron chi connectivity index (χ0n) is 14.5. The Balaban J connectivity index is 1.44. The number of H-pyrrole nitrogens is 1. The fourth-order valence-corrected chi connectivity index (χ4v) is 2.99. The minimum absolute atomic E-state index is 0.143. The third-order valence-corrected chi connectivity index (χ3v) is 4.42. The molecule has 138 valence electrons. The van der Waals surface area contributed by atoms with E-state index in [0.717, 1.165) is 5.82 Å². The summed E-state index contributed by atoms with van der Waals surface area (Å²) in [6.45, 7) is 2.44. The quantitative estimate of drug-likeness (QED) is 0.734. The van der Waals surface area contributed by atoms with Gasteiger partial charge in [0.15, 0.2) is 11.5 Å². The van der Waals surface area contributed by atoms with Crippen LogP contribution in [-0.2, 0) is 0 Å². The molecule has 0 aliphatic carbocycles. The summed E-state index contributed by atoms with van der Waals surface area (Å²) in [6, 6.07) is 12.0. The Labute approximate surface area is 155 Å². The van der Waals surface area contributed by atoms with Crippen molar-refractivity contribution in [2.45, 2.75) is 0 Å². The molecule has 4 rings (SSSR count). The van der Waals surface area contributed by atoms with E-state index in [9.17, 15) is 9.18 Å². The Kier molecular flexibility index (Phi) is 4.65. The highest BCUT2D eigenvalue weighted by atomic mass is 19.1. The van der Waals surface area contributed by atoms with Crippen molar-refractivity contribution in [3.63, 3.8) is 0 Å². The van der Waals surface area contributed by atoms with Gasteiger partial charge in [0.25, 0.3) is 5.91 Å². The highest BCUT2D eigenvalue weighted by Gasteiger charge is 2.27. The van der Waals surface area contributed by atoms with Gasteiger partial charge in [-0.2, -0.15) is 5.21 Å². The summed E-state index contributed by atoms with van der Waals surface area (Å²) in [7, 11) is 0. The van der Waals surface area contributed by atoms with Crippen molar-refractivity contribution < 1.29 is 9.18 Å². The molecule has 1 saturated heterocycles. The molecule has 3 aromatic rings. The second-order valence-corrected chi connectivity index (χ2v) is 6.09. The van der Waals surface area contributed by atoms with Gasteiger partial charge in [0.1, 0.15) is 11.6 Å². The number of benzene rings is 1. The number of amides is 1. The molecule has 0 spiro atoms. The van der Waals surface area contributed by atoms with Crippen LogP contribution in [0.2, 0.25) is 0 Å². The summed E-state index contributed by atoms with van der Waals surface area (Å²) < 4.78 is 13.8. The number of hydrogen-bond donors (Lipinski definition) is 2. The lowest BCUT2D eigenvalue weighted by Gasteiger charge is -2.35. The number of piperazine rings is 1. The number of halogens is 1. The number of carbonyl (C=O) groups excluding carboxylic acids is 1. The highest BCUT2D eigenvalue weighted by molar-refractivity contribution is 5.97. The smallest absolute Gasteiger partial charge is 0.278 e. The van der Waals surface area contributed by atoms with E-state index in [4.69, 9.17) is 0 Å². The molecule has 0 radical (unpaired) electrons. The summed E-state index contributed by atoms with van der Waals surface area (Å²) in [6.07, 6.45) is 1.75. The number of nitrogens with one attached hydrogen (secondary N) is 2. The number of pyridine rings is 1. The van der Waals surface area contributed by atoms with Crippen molar-refractivity contribution in [2.75, 3.05) is 36.4 Å². The number of anilines is 3. The normalized spacial score (nSPS) is 14.3. The van der Waals surface area contributed by atoms with Crippen LogP contribution in [0.15, 0.2) is 48.7 Å². The SMILES string of the molecule is O=C(c1n[nH]nc1Nc1ccccc1F)N1CCN(c2ccccn2)CC1. The fraction of sp³-hybridized carbons (Fsp3) is 0.222. The van der Waals surface area contributed by atoms with Crippen LogP contribution in [0.5, 0.6) is 0 Å². The molecule has 9 heteroatoms. The average Bonchev–Trinajstić information content (AvgIpc) is 3.18. The predicted molar refractivity (Wildman–Crippen MR) is 98.4 cm³/mol. The lowest BCUT2D eigenvalue weighted by molar-refractivity contribution is 0.0741. The minimum Gasteiger partial charge on any atom is -0.353 e. The van der Waals surface area contributed by atoms with E-state index in [1.165, 1.54) is 6.07 Å². The lowest BCUT2D eigenvalue weighted by atomic mass is 10.2. The van der Waals surface area contributed by atoms with E-state index in [-0.39, 0.29) is 23.1 Å². The molecule has 3 heterocycles. The molecule has 2 aromatic heterocycles. The van der Waals surface area contributed by atoms with Crippen molar-refractivity contribution >= 4 is 23.2 Å². The molecule has 1 aliphatic heterocycles. The third kappa shape index (κ3) is 3.57. The summed E-state index contributed by atoms with van der Waals surface area (Å²) in [5, 5.41) is 13.2. The Morgan fingerprint density at radius 2 is 1.81 bits per heavy atom. The van der Waals surface area contributed by atoms with E-state index >= 15 is 0 Å². The van der Waals surface area contributed by atoms with Crippen LogP contribution in [0, 0.1) is 5.82 Å². The van der Waals surface area contributed by atoms with Crippen molar-refractivity contribution in [1.82, 2.24) is 25.3 Å². The molecule has 0 bridgehead atoms. The van der Waals surface area contributed by atoms with Crippen molar-refractivity contribution in [3.8, 4) is 0 Å². The van der Waals surface area contributed by atoms with Gasteiger partial charge < -0.3 is 15.1 Å². The fourth-order valence-electron chi connectivity index (χ4n) is 2.99. The third-order valence-electron chi connectivity index (χ3n) is 4.42. The first-order valence-corrected chi connectivity index (χ1v) is 8.60. The second kappa shape index (κ2) is 7.40. The maximum absolute atomic E-state index is 13.8. The first-order chi connectivity index (χ1) is 13.2. The van der Waals surface area contributed by atoms with E-state index < -0.39 is 5.82 Å². The predicted octanol–water partition coefficient (Wildman–Crippen LogP) is 2.04. The van der Waals surface area contributed by atoms with Crippen LogP contribution in [0.25, 0.3) is 0 Å². The van der Waals surface area contributed by atoms with Crippen LogP contribution in [0.1, 0.15) is 10.5 Å². The Bertz CT molecular complexity index is 922. The molecular weight excluding hydrogens is 349 g/mol. The number of aromatic nitrogens is 4. The van der Waals surface area contributed by atoms with Gasteiger partial charge in [0, 0.05) is 32.4 Å². The summed E-state index contributed by atoms with van der Waals surface area (Å²) >= 11 is 0. The Morgan fingerprint density at radius 1 is 1.04 bits per heavy atom. The summed E-state index contributed by atoms with van der Waals surface area (Å²) in [5.74, 6) is 0.427. The zero-order chi connectivity index (χ0) is 18.6. The van der Waals surface area contributed by atoms with Gasteiger partial charge in [-0.05, 0) is 24.3 Å². The van der Waals surface area contributed by atoms with Gasteiger partial charge >= 0.3 is 0 Å². The number of rotatable bonds is 4. The number of para-hydroxylation sites is 1. The van der Waals surface area contributed by atoms with Crippen molar-refractivity contribution in [2.24, 2.45) is 0 Å². The second-order valence-electron chi connectivity index (χ2n) is 6.09. The van der Waals surface area contributed by atoms with Crippen molar-refractivity contribution in [1.29, 1.82) is 0 Å². The number of carbonyl (C=O) groups is 1.